The van der Waals surface area contributed by atoms with Gasteiger partial charge in [-0.2, -0.15) is 0 Å². The van der Waals surface area contributed by atoms with Crippen molar-refractivity contribution in [1.82, 2.24) is 24.0 Å². The Morgan fingerprint density at radius 1 is 1.18 bits per heavy atom. The first-order chi connectivity index (χ1) is 13.5. The van der Waals surface area contributed by atoms with Crippen molar-refractivity contribution in [3.05, 3.63) is 38.4 Å². The maximum atomic E-state index is 12.8. The molecular weight excluding hydrogens is 398 g/mol. The number of fused-ring (bicyclic) bond motifs is 1. The highest BCUT2D eigenvalue weighted by Crippen LogP contribution is 2.28. The number of amides is 1. The van der Waals surface area contributed by atoms with E-state index in [2.05, 4.69) is 9.97 Å². The Morgan fingerprint density at radius 3 is 2.61 bits per heavy atom. The van der Waals surface area contributed by atoms with Gasteiger partial charge in [0.2, 0.25) is 5.91 Å². The van der Waals surface area contributed by atoms with Gasteiger partial charge in [-0.15, -0.1) is 11.3 Å². The van der Waals surface area contributed by atoms with Crippen LogP contribution in [0.4, 0.5) is 0 Å². The SMILES string of the molecule is Cn1c(=O)c2c(SCC(=O)N3CCCC3)nc(-c3cccs3)nc2n(C)c1=O. The number of carbonyl (C=O) groups is 1. The highest BCUT2D eigenvalue weighted by Gasteiger charge is 2.22. The fourth-order valence-electron chi connectivity index (χ4n) is 3.24. The van der Waals surface area contributed by atoms with Gasteiger partial charge >= 0.3 is 5.69 Å². The Bertz CT molecular complexity index is 1160. The second-order valence-electron chi connectivity index (χ2n) is 6.61. The van der Waals surface area contributed by atoms with Crippen LogP contribution in [0.3, 0.4) is 0 Å². The van der Waals surface area contributed by atoms with Gasteiger partial charge in [0.25, 0.3) is 5.56 Å². The monoisotopic (exact) mass is 417 g/mol. The lowest BCUT2D eigenvalue weighted by atomic mass is 10.3. The Kier molecular flexibility index (Phi) is 5.07. The van der Waals surface area contributed by atoms with Crippen molar-refractivity contribution in [1.29, 1.82) is 0 Å². The summed E-state index contributed by atoms with van der Waals surface area (Å²) in [7, 11) is 3.01. The lowest BCUT2D eigenvalue weighted by Crippen LogP contribution is -2.37. The number of hydrogen-bond donors (Lipinski definition) is 0. The van der Waals surface area contributed by atoms with E-state index in [1.165, 1.54) is 34.7 Å². The zero-order chi connectivity index (χ0) is 19.8. The third kappa shape index (κ3) is 3.26. The third-order valence-corrected chi connectivity index (χ3v) is 6.63. The number of carbonyl (C=O) groups excluding carboxylic acids is 1. The van der Waals surface area contributed by atoms with Crippen LogP contribution >= 0.6 is 23.1 Å². The Balaban J connectivity index is 1.83. The Hall–Kier alpha value is -2.46. The molecule has 4 heterocycles. The molecule has 0 aromatic carbocycles. The number of aryl methyl sites for hydroxylation is 1. The molecule has 10 heteroatoms. The van der Waals surface area contributed by atoms with E-state index in [-0.39, 0.29) is 22.7 Å². The van der Waals surface area contributed by atoms with Gasteiger partial charge in [-0.3, -0.25) is 18.7 Å². The number of rotatable bonds is 4. The van der Waals surface area contributed by atoms with E-state index in [0.29, 0.717) is 10.9 Å². The molecular formula is C18H19N5O3S2. The van der Waals surface area contributed by atoms with Crippen LogP contribution in [0.2, 0.25) is 0 Å². The van der Waals surface area contributed by atoms with Crippen LogP contribution in [0.1, 0.15) is 12.8 Å². The van der Waals surface area contributed by atoms with Gasteiger partial charge in [0.1, 0.15) is 10.4 Å². The van der Waals surface area contributed by atoms with Gasteiger partial charge in [-0.1, -0.05) is 17.8 Å². The number of likely N-dealkylation sites (tertiary alicyclic amines) is 1. The molecule has 3 aromatic heterocycles. The zero-order valence-corrected chi connectivity index (χ0v) is 17.2. The van der Waals surface area contributed by atoms with Crippen molar-refractivity contribution in [2.75, 3.05) is 18.8 Å². The molecule has 1 aliphatic heterocycles. The van der Waals surface area contributed by atoms with Crippen LogP contribution in [0.25, 0.3) is 21.7 Å². The van der Waals surface area contributed by atoms with Crippen LogP contribution in [0.5, 0.6) is 0 Å². The van der Waals surface area contributed by atoms with Gasteiger partial charge in [0, 0.05) is 27.2 Å². The van der Waals surface area contributed by atoms with Gasteiger partial charge < -0.3 is 4.90 Å². The third-order valence-electron chi connectivity index (χ3n) is 4.80. The van der Waals surface area contributed by atoms with E-state index in [1.807, 2.05) is 22.4 Å². The predicted molar refractivity (Wildman–Crippen MR) is 110 cm³/mol. The van der Waals surface area contributed by atoms with Gasteiger partial charge in [-0.25, -0.2) is 14.8 Å². The highest BCUT2D eigenvalue weighted by molar-refractivity contribution is 8.00. The Labute approximate surface area is 168 Å². The first kappa shape index (κ1) is 18.9. The van der Waals surface area contributed by atoms with Crippen LogP contribution < -0.4 is 11.2 Å². The van der Waals surface area contributed by atoms with Crippen LogP contribution in [0, 0.1) is 0 Å². The molecule has 4 rings (SSSR count). The lowest BCUT2D eigenvalue weighted by Gasteiger charge is -2.15. The summed E-state index contributed by atoms with van der Waals surface area (Å²) in [5.74, 6) is 0.678. The molecule has 0 saturated carbocycles. The number of hydrogen-bond acceptors (Lipinski definition) is 7. The van der Waals surface area contributed by atoms with E-state index in [1.54, 1.807) is 7.05 Å². The summed E-state index contributed by atoms with van der Waals surface area (Å²) in [5, 5.41) is 2.61. The minimum atomic E-state index is -0.452. The molecule has 1 saturated heterocycles. The number of thiophene rings is 1. The van der Waals surface area contributed by atoms with Crippen molar-refractivity contribution in [2.24, 2.45) is 14.1 Å². The van der Waals surface area contributed by atoms with E-state index in [9.17, 15) is 14.4 Å². The van der Waals surface area contributed by atoms with Crippen molar-refractivity contribution >= 4 is 40.0 Å². The standard InChI is InChI=1S/C18H19N5O3S2/c1-21-15-13(17(25)22(2)18(21)26)16(20-14(19-15)11-6-5-9-27-11)28-10-12(24)23-7-3-4-8-23/h5-6,9H,3-4,7-8,10H2,1-2H3. The van der Waals surface area contributed by atoms with Crippen molar-refractivity contribution < 1.29 is 4.79 Å². The van der Waals surface area contributed by atoms with E-state index < -0.39 is 11.2 Å². The highest BCUT2D eigenvalue weighted by atomic mass is 32.2. The zero-order valence-electron chi connectivity index (χ0n) is 15.5. The molecule has 0 aliphatic carbocycles. The topological polar surface area (TPSA) is 90.1 Å². The molecule has 8 nitrogen and oxygen atoms in total. The molecule has 1 fully saturated rings. The van der Waals surface area contributed by atoms with Crippen molar-refractivity contribution in [2.45, 2.75) is 17.9 Å². The minimum absolute atomic E-state index is 0.0357. The largest absolute Gasteiger partial charge is 0.342 e. The fourth-order valence-corrected chi connectivity index (χ4v) is 4.81. The molecule has 0 bridgehead atoms. The lowest BCUT2D eigenvalue weighted by molar-refractivity contribution is -0.127. The normalized spacial score (nSPS) is 14.1. The second kappa shape index (κ2) is 7.51. The summed E-state index contributed by atoms with van der Waals surface area (Å²) in [6, 6.07) is 3.77. The predicted octanol–water partition coefficient (Wildman–Crippen LogP) is 1.47. The van der Waals surface area contributed by atoms with E-state index in [0.717, 1.165) is 35.4 Å². The fraction of sp³-hybridized carbons (Fsp3) is 0.389. The van der Waals surface area contributed by atoms with Gasteiger partial charge in [-0.05, 0) is 24.3 Å². The Morgan fingerprint density at radius 2 is 1.93 bits per heavy atom. The molecule has 3 aromatic rings. The second-order valence-corrected chi connectivity index (χ2v) is 8.52. The molecule has 0 radical (unpaired) electrons. The van der Waals surface area contributed by atoms with Crippen LogP contribution in [-0.4, -0.2) is 48.8 Å². The van der Waals surface area contributed by atoms with Crippen LogP contribution in [0.15, 0.2) is 32.1 Å². The molecule has 28 heavy (non-hydrogen) atoms. The molecule has 0 spiro atoms. The molecule has 0 unspecified atom stereocenters. The van der Waals surface area contributed by atoms with Crippen molar-refractivity contribution in [3.63, 3.8) is 0 Å². The van der Waals surface area contributed by atoms with Gasteiger partial charge in [0.15, 0.2) is 11.5 Å². The summed E-state index contributed by atoms with van der Waals surface area (Å²) >= 11 is 2.70. The smallest absolute Gasteiger partial charge is 0.332 e. The summed E-state index contributed by atoms with van der Waals surface area (Å²) in [6.07, 6.45) is 2.05. The minimum Gasteiger partial charge on any atom is -0.342 e. The van der Waals surface area contributed by atoms with E-state index >= 15 is 0 Å². The maximum absolute atomic E-state index is 12.8. The number of aromatic nitrogens is 4. The average Bonchev–Trinajstić information content (AvgIpc) is 3.42. The summed E-state index contributed by atoms with van der Waals surface area (Å²) in [5.41, 5.74) is -0.619. The molecule has 146 valence electrons. The molecule has 1 aliphatic rings. The first-order valence-electron chi connectivity index (χ1n) is 8.89. The first-order valence-corrected chi connectivity index (χ1v) is 10.8. The molecule has 1 amide bonds. The summed E-state index contributed by atoms with van der Waals surface area (Å²) < 4.78 is 2.39. The van der Waals surface area contributed by atoms with Crippen molar-refractivity contribution in [3.8, 4) is 10.7 Å². The maximum Gasteiger partial charge on any atom is 0.332 e. The van der Waals surface area contributed by atoms with Gasteiger partial charge in [0.05, 0.1) is 10.6 Å². The molecule has 0 atom stereocenters. The average molecular weight is 418 g/mol. The van der Waals surface area contributed by atoms with E-state index in [4.69, 9.17) is 0 Å². The quantitative estimate of drug-likeness (QED) is 0.472. The number of nitrogens with zero attached hydrogens (tertiary/aromatic N) is 5. The van der Waals surface area contributed by atoms with Crippen LogP contribution in [-0.2, 0) is 18.9 Å². The number of thioether (sulfide) groups is 1. The molecule has 0 N–H and O–H groups in total. The summed E-state index contributed by atoms with van der Waals surface area (Å²) in [6.45, 7) is 1.56. The summed E-state index contributed by atoms with van der Waals surface area (Å²) in [4.78, 5) is 49.3.